The second-order valence-electron chi connectivity index (χ2n) is 2.63. The first-order valence-corrected chi connectivity index (χ1v) is 5.74. The number of thiazole rings is 1. The fraction of sp³-hybridized carbons (Fsp3) is 0.375. The summed E-state index contributed by atoms with van der Waals surface area (Å²) >= 11 is 5.22. The van der Waals surface area contributed by atoms with Crippen molar-refractivity contribution in [3.05, 3.63) is 23.0 Å². The third kappa shape index (κ3) is 1.19. The van der Waals surface area contributed by atoms with E-state index >= 15 is 0 Å². The molecule has 0 unspecified atom stereocenters. The SMILES string of the molecule is Cc1c(CCBr)sc2nccn12. The van der Waals surface area contributed by atoms with Crippen molar-refractivity contribution in [3.63, 3.8) is 0 Å². The Hall–Kier alpha value is -0.350. The second-order valence-corrected chi connectivity index (χ2v) is 4.48. The molecule has 0 amide bonds. The van der Waals surface area contributed by atoms with Crippen LogP contribution in [-0.4, -0.2) is 14.7 Å². The Morgan fingerprint density at radius 2 is 2.50 bits per heavy atom. The van der Waals surface area contributed by atoms with E-state index in [0.29, 0.717) is 0 Å². The molecule has 2 heterocycles. The van der Waals surface area contributed by atoms with Crippen LogP contribution in [0.3, 0.4) is 0 Å². The number of halogens is 1. The maximum absolute atomic E-state index is 4.25. The predicted molar refractivity (Wildman–Crippen MR) is 55.3 cm³/mol. The maximum Gasteiger partial charge on any atom is 0.194 e. The van der Waals surface area contributed by atoms with Gasteiger partial charge in [0.2, 0.25) is 0 Å². The number of hydrogen-bond donors (Lipinski definition) is 0. The zero-order valence-electron chi connectivity index (χ0n) is 6.75. The van der Waals surface area contributed by atoms with Crippen molar-refractivity contribution in [1.29, 1.82) is 0 Å². The Morgan fingerprint density at radius 1 is 1.67 bits per heavy atom. The molecule has 12 heavy (non-hydrogen) atoms. The molecule has 0 aliphatic carbocycles. The minimum absolute atomic E-state index is 1.03. The van der Waals surface area contributed by atoms with Crippen molar-refractivity contribution < 1.29 is 0 Å². The molecule has 2 nitrogen and oxygen atoms in total. The summed E-state index contributed by atoms with van der Waals surface area (Å²) in [6, 6.07) is 0. The zero-order valence-corrected chi connectivity index (χ0v) is 9.15. The van der Waals surface area contributed by atoms with E-state index < -0.39 is 0 Å². The van der Waals surface area contributed by atoms with E-state index in [-0.39, 0.29) is 0 Å². The van der Waals surface area contributed by atoms with Crippen LogP contribution in [0.5, 0.6) is 0 Å². The van der Waals surface area contributed by atoms with Crippen LogP contribution in [0.2, 0.25) is 0 Å². The summed E-state index contributed by atoms with van der Waals surface area (Å²) < 4.78 is 2.14. The van der Waals surface area contributed by atoms with E-state index in [9.17, 15) is 0 Å². The molecule has 0 aromatic carbocycles. The summed E-state index contributed by atoms with van der Waals surface area (Å²) in [6.45, 7) is 2.14. The van der Waals surface area contributed by atoms with Crippen molar-refractivity contribution in [2.45, 2.75) is 13.3 Å². The highest BCUT2D eigenvalue weighted by atomic mass is 79.9. The molecule has 0 aliphatic heterocycles. The molecule has 0 fully saturated rings. The van der Waals surface area contributed by atoms with Crippen molar-refractivity contribution in [1.82, 2.24) is 9.38 Å². The van der Waals surface area contributed by atoms with Gasteiger partial charge in [-0.3, -0.25) is 4.40 Å². The number of aryl methyl sites for hydroxylation is 2. The summed E-state index contributed by atoms with van der Waals surface area (Å²) in [4.78, 5) is 6.77. The Kier molecular flexibility index (Phi) is 2.19. The van der Waals surface area contributed by atoms with Crippen LogP contribution in [0.25, 0.3) is 4.96 Å². The standard InChI is InChI=1S/C8H9BrN2S/c1-6-7(2-3-9)12-8-10-4-5-11(6)8/h4-5H,2-3H2,1H3. The van der Waals surface area contributed by atoms with Crippen LogP contribution in [0, 0.1) is 6.92 Å². The molecular weight excluding hydrogens is 236 g/mol. The first-order chi connectivity index (χ1) is 5.83. The Balaban J connectivity index is 2.55. The van der Waals surface area contributed by atoms with Gasteiger partial charge in [-0.15, -0.1) is 11.3 Å². The molecule has 64 valence electrons. The van der Waals surface area contributed by atoms with Crippen LogP contribution >= 0.6 is 27.3 Å². The average Bonchev–Trinajstić information content (AvgIpc) is 2.58. The fourth-order valence-corrected chi connectivity index (χ4v) is 3.00. The first kappa shape index (κ1) is 8.26. The molecule has 2 aromatic rings. The normalized spacial score (nSPS) is 11.2. The van der Waals surface area contributed by atoms with E-state index in [1.807, 2.05) is 12.4 Å². The van der Waals surface area contributed by atoms with E-state index in [1.165, 1.54) is 10.6 Å². The molecule has 0 atom stereocenters. The van der Waals surface area contributed by atoms with Gasteiger partial charge in [0, 0.05) is 28.3 Å². The lowest BCUT2D eigenvalue weighted by atomic mass is 10.3. The molecule has 0 saturated carbocycles. The Morgan fingerprint density at radius 3 is 3.17 bits per heavy atom. The van der Waals surface area contributed by atoms with Crippen molar-refractivity contribution in [3.8, 4) is 0 Å². The highest BCUT2D eigenvalue weighted by molar-refractivity contribution is 9.09. The number of rotatable bonds is 2. The first-order valence-electron chi connectivity index (χ1n) is 3.80. The quantitative estimate of drug-likeness (QED) is 0.743. The molecular formula is C8H9BrN2S. The lowest BCUT2D eigenvalue weighted by Crippen LogP contribution is -1.87. The van der Waals surface area contributed by atoms with Crippen LogP contribution in [0.15, 0.2) is 12.4 Å². The van der Waals surface area contributed by atoms with Gasteiger partial charge >= 0.3 is 0 Å². The molecule has 4 heteroatoms. The van der Waals surface area contributed by atoms with E-state index in [4.69, 9.17) is 0 Å². The number of alkyl halides is 1. The van der Waals surface area contributed by atoms with Crippen molar-refractivity contribution in [2.75, 3.05) is 5.33 Å². The lowest BCUT2D eigenvalue weighted by molar-refractivity contribution is 1.07. The molecule has 2 aromatic heterocycles. The third-order valence-electron chi connectivity index (χ3n) is 1.91. The Bertz CT molecular complexity index is 391. The smallest absolute Gasteiger partial charge is 0.194 e. The predicted octanol–water partition coefficient (Wildman–Crippen LogP) is 2.64. The summed E-state index contributed by atoms with van der Waals surface area (Å²) in [5, 5.41) is 1.03. The van der Waals surface area contributed by atoms with E-state index in [0.717, 1.165) is 16.7 Å². The van der Waals surface area contributed by atoms with Gasteiger partial charge in [-0.25, -0.2) is 4.98 Å². The minimum Gasteiger partial charge on any atom is -0.295 e. The zero-order chi connectivity index (χ0) is 8.55. The van der Waals surface area contributed by atoms with Crippen LogP contribution < -0.4 is 0 Å². The number of hydrogen-bond acceptors (Lipinski definition) is 2. The summed E-state index contributed by atoms with van der Waals surface area (Å²) in [5.41, 5.74) is 1.33. The van der Waals surface area contributed by atoms with Crippen molar-refractivity contribution in [2.24, 2.45) is 0 Å². The number of nitrogens with zero attached hydrogens (tertiary/aromatic N) is 2. The van der Waals surface area contributed by atoms with Gasteiger partial charge in [-0.2, -0.15) is 0 Å². The van der Waals surface area contributed by atoms with E-state index in [1.54, 1.807) is 11.3 Å². The molecule has 2 rings (SSSR count). The average molecular weight is 245 g/mol. The van der Waals surface area contributed by atoms with Gasteiger partial charge in [0.05, 0.1) is 0 Å². The van der Waals surface area contributed by atoms with Crippen LogP contribution in [0.4, 0.5) is 0 Å². The monoisotopic (exact) mass is 244 g/mol. The highest BCUT2D eigenvalue weighted by Gasteiger charge is 2.06. The summed E-state index contributed by atoms with van der Waals surface area (Å²) in [5.74, 6) is 0. The minimum atomic E-state index is 1.03. The largest absolute Gasteiger partial charge is 0.295 e. The molecule has 0 spiro atoms. The van der Waals surface area contributed by atoms with Gasteiger partial charge in [0.1, 0.15) is 0 Å². The van der Waals surface area contributed by atoms with Gasteiger partial charge < -0.3 is 0 Å². The lowest BCUT2D eigenvalue weighted by Gasteiger charge is -1.93. The van der Waals surface area contributed by atoms with Crippen LogP contribution in [-0.2, 0) is 6.42 Å². The fourth-order valence-electron chi connectivity index (χ4n) is 1.26. The van der Waals surface area contributed by atoms with E-state index in [2.05, 4.69) is 32.2 Å². The third-order valence-corrected chi connectivity index (χ3v) is 3.53. The Labute approximate surface area is 83.4 Å². The number of fused-ring (bicyclic) bond motifs is 1. The molecule has 0 N–H and O–H groups in total. The van der Waals surface area contributed by atoms with Gasteiger partial charge in [0.15, 0.2) is 4.96 Å². The van der Waals surface area contributed by atoms with Crippen LogP contribution in [0.1, 0.15) is 10.6 Å². The molecule has 0 radical (unpaired) electrons. The second kappa shape index (κ2) is 3.18. The summed E-state index contributed by atoms with van der Waals surface area (Å²) in [7, 11) is 0. The summed E-state index contributed by atoms with van der Waals surface area (Å²) in [6.07, 6.45) is 4.95. The van der Waals surface area contributed by atoms with Gasteiger partial charge in [-0.05, 0) is 13.3 Å². The molecule has 0 saturated heterocycles. The maximum atomic E-state index is 4.25. The van der Waals surface area contributed by atoms with Gasteiger partial charge in [-0.1, -0.05) is 15.9 Å². The van der Waals surface area contributed by atoms with Gasteiger partial charge in [0.25, 0.3) is 0 Å². The number of imidazole rings is 1. The number of aromatic nitrogens is 2. The highest BCUT2D eigenvalue weighted by Crippen LogP contribution is 2.22. The molecule has 0 bridgehead atoms. The van der Waals surface area contributed by atoms with Crippen molar-refractivity contribution >= 4 is 32.2 Å². The molecule has 0 aliphatic rings. The topological polar surface area (TPSA) is 17.3 Å².